The van der Waals surface area contributed by atoms with Crippen molar-refractivity contribution in [1.82, 2.24) is 5.32 Å². The lowest BCUT2D eigenvalue weighted by molar-refractivity contribution is 0.0939. The Morgan fingerprint density at radius 1 is 1.15 bits per heavy atom. The van der Waals surface area contributed by atoms with Crippen molar-refractivity contribution in [2.75, 3.05) is 7.11 Å². The van der Waals surface area contributed by atoms with Crippen molar-refractivity contribution in [3.63, 3.8) is 0 Å². The third kappa shape index (κ3) is 4.42. The van der Waals surface area contributed by atoms with Crippen LogP contribution < -0.4 is 15.2 Å². The number of hydrogen-bond donors (Lipinski definition) is 2. The van der Waals surface area contributed by atoms with Crippen molar-refractivity contribution in [2.24, 2.45) is 5.14 Å². The quantitative estimate of drug-likeness (QED) is 0.743. The van der Waals surface area contributed by atoms with Gasteiger partial charge in [0.1, 0.15) is 15.7 Å². The number of methoxy groups -OCH3 is 1. The summed E-state index contributed by atoms with van der Waals surface area (Å²) in [7, 11) is -2.59. The molecule has 0 saturated heterocycles. The number of sulfonamides is 1. The minimum absolute atomic E-state index is 0.0675. The van der Waals surface area contributed by atoms with E-state index >= 15 is 0 Å². The smallest absolute Gasteiger partial charge is 0.251 e. The topological polar surface area (TPSA) is 98.5 Å². The van der Waals surface area contributed by atoms with Crippen LogP contribution in [0.15, 0.2) is 35.2 Å². The van der Waals surface area contributed by atoms with Crippen molar-refractivity contribution < 1.29 is 17.9 Å². The molecule has 0 unspecified atom stereocenters. The third-order valence-corrected chi connectivity index (χ3v) is 5.88. The van der Waals surface area contributed by atoms with E-state index in [4.69, 9.17) is 44.7 Å². The molecule has 0 spiro atoms. The zero-order chi connectivity index (χ0) is 19.6. The fourth-order valence-corrected chi connectivity index (χ4v) is 3.90. The molecule has 1 atom stereocenters. The van der Waals surface area contributed by atoms with E-state index in [2.05, 4.69) is 5.32 Å². The van der Waals surface area contributed by atoms with Crippen LogP contribution in [0.4, 0.5) is 0 Å². The van der Waals surface area contributed by atoms with Crippen molar-refractivity contribution in [3.8, 4) is 5.75 Å². The largest absolute Gasteiger partial charge is 0.495 e. The first-order valence-corrected chi connectivity index (χ1v) is 9.89. The lowest BCUT2D eigenvalue weighted by Crippen LogP contribution is -2.27. The highest BCUT2D eigenvalue weighted by Crippen LogP contribution is 2.37. The molecular formula is C16H15Cl3N2O4S. The fraction of sp³-hybridized carbons (Fsp3) is 0.188. The molecule has 0 radical (unpaired) electrons. The SMILES string of the molecule is COc1ccc([C@@H](C)NC(=O)c2ccc(Cl)c(S(N)(=O)=O)c2)c(Cl)c1Cl. The number of ether oxygens (including phenoxy) is 1. The molecule has 10 heteroatoms. The summed E-state index contributed by atoms with van der Waals surface area (Å²) < 4.78 is 28.1. The van der Waals surface area contributed by atoms with E-state index in [0.717, 1.165) is 6.07 Å². The number of benzene rings is 2. The molecule has 2 rings (SSSR count). The predicted molar refractivity (Wildman–Crippen MR) is 102 cm³/mol. The predicted octanol–water partition coefficient (Wildman–Crippen LogP) is 3.79. The van der Waals surface area contributed by atoms with Gasteiger partial charge in [0.25, 0.3) is 5.91 Å². The van der Waals surface area contributed by atoms with Gasteiger partial charge in [-0.05, 0) is 36.8 Å². The van der Waals surface area contributed by atoms with E-state index in [9.17, 15) is 13.2 Å². The van der Waals surface area contributed by atoms with E-state index in [1.807, 2.05) is 0 Å². The molecule has 0 aliphatic carbocycles. The van der Waals surface area contributed by atoms with E-state index < -0.39 is 22.0 Å². The Kier molecular flexibility index (Phi) is 6.42. The Morgan fingerprint density at radius 3 is 2.38 bits per heavy atom. The molecule has 0 aromatic heterocycles. The molecule has 6 nitrogen and oxygen atoms in total. The number of halogens is 3. The van der Waals surface area contributed by atoms with Gasteiger partial charge in [-0.2, -0.15) is 0 Å². The number of amides is 1. The van der Waals surface area contributed by atoms with Crippen molar-refractivity contribution in [2.45, 2.75) is 17.9 Å². The van der Waals surface area contributed by atoms with Crippen molar-refractivity contribution >= 4 is 50.7 Å². The lowest BCUT2D eigenvalue weighted by Gasteiger charge is -2.18. The standard InChI is InChI=1S/C16H15Cl3N2O4S/c1-8(10-4-6-12(25-2)15(19)14(10)18)21-16(22)9-3-5-11(17)13(7-9)26(20,23)24/h3-8H,1-2H3,(H,21,22)(H2,20,23,24)/t8-/m1/s1. The van der Waals surface area contributed by atoms with Crippen LogP contribution in [0.1, 0.15) is 28.9 Å². The number of carbonyl (C=O) groups excluding carboxylic acids is 1. The molecule has 0 aliphatic rings. The zero-order valence-electron chi connectivity index (χ0n) is 13.7. The summed E-state index contributed by atoms with van der Waals surface area (Å²) in [6.07, 6.45) is 0. The summed E-state index contributed by atoms with van der Waals surface area (Å²) in [6, 6.07) is 6.60. The van der Waals surface area contributed by atoms with E-state index in [0.29, 0.717) is 11.3 Å². The summed E-state index contributed by atoms with van der Waals surface area (Å²) in [5.74, 6) is -0.114. The maximum Gasteiger partial charge on any atom is 0.251 e. The van der Waals surface area contributed by atoms with Gasteiger partial charge in [0.05, 0.1) is 23.2 Å². The lowest BCUT2D eigenvalue weighted by atomic mass is 10.1. The van der Waals surface area contributed by atoms with E-state index in [1.54, 1.807) is 19.1 Å². The number of hydrogen-bond acceptors (Lipinski definition) is 4. The molecule has 1 amide bonds. The molecule has 2 aromatic rings. The second-order valence-electron chi connectivity index (χ2n) is 5.37. The van der Waals surface area contributed by atoms with Gasteiger partial charge in [-0.25, -0.2) is 13.6 Å². The van der Waals surface area contributed by atoms with Crippen LogP contribution in [0, 0.1) is 0 Å². The second kappa shape index (κ2) is 8.02. The van der Waals surface area contributed by atoms with E-state index in [-0.39, 0.29) is 25.5 Å². The Balaban J connectivity index is 2.29. The van der Waals surface area contributed by atoms with Crippen molar-refractivity contribution in [1.29, 1.82) is 0 Å². The molecule has 140 valence electrons. The molecule has 0 bridgehead atoms. The van der Waals surface area contributed by atoms with Crippen LogP contribution in [-0.4, -0.2) is 21.4 Å². The van der Waals surface area contributed by atoms with E-state index in [1.165, 1.54) is 19.2 Å². The summed E-state index contributed by atoms with van der Waals surface area (Å²) in [4.78, 5) is 12.1. The van der Waals surface area contributed by atoms with Gasteiger partial charge in [0.15, 0.2) is 0 Å². The third-order valence-electron chi connectivity index (χ3n) is 3.61. The minimum Gasteiger partial charge on any atom is -0.495 e. The van der Waals surface area contributed by atoms with Gasteiger partial charge in [-0.3, -0.25) is 4.79 Å². The molecule has 0 aliphatic heterocycles. The van der Waals surface area contributed by atoms with Crippen LogP contribution in [0.2, 0.25) is 15.1 Å². The highest BCUT2D eigenvalue weighted by atomic mass is 35.5. The van der Waals surface area contributed by atoms with Gasteiger partial charge in [-0.1, -0.05) is 40.9 Å². The molecule has 0 heterocycles. The summed E-state index contributed by atoms with van der Waals surface area (Å²) in [5, 5.41) is 8.22. The molecular weight excluding hydrogens is 423 g/mol. The Hall–Kier alpha value is -1.51. The van der Waals surface area contributed by atoms with Crippen LogP contribution >= 0.6 is 34.8 Å². The minimum atomic E-state index is -4.05. The average Bonchev–Trinajstić information content (AvgIpc) is 2.56. The summed E-state index contributed by atoms with van der Waals surface area (Å²) in [5.41, 5.74) is 0.660. The first-order chi connectivity index (χ1) is 12.1. The van der Waals surface area contributed by atoms with Crippen LogP contribution in [0.5, 0.6) is 5.75 Å². The number of rotatable bonds is 5. The van der Waals surface area contributed by atoms with Gasteiger partial charge in [-0.15, -0.1) is 0 Å². The van der Waals surface area contributed by atoms with Gasteiger partial charge in [0.2, 0.25) is 10.0 Å². The fourth-order valence-electron chi connectivity index (χ4n) is 2.26. The Labute approximate surface area is 166 Å². The maximum atomic E-state index is 12.4. The first kappa shape index (κ1) is 20.8. The molecule has 26 heavy (non-hydrogen) atoms. The number of nitrogens with two attached hydrogens (primary N) is 1. The maximum absolute atomic E-state index is 12.4. The van der Waals surface area contributed by atoms with Crippen LogP contribution in [-0.2, 0) is 10.0 Å². The van der Waals surface area contributed by atoms with Crippen molar-refractivity contribution in [3.05, 3.63) is 56.5 Å². The normalized spacial score (nSPS) is 12.5. The highest BCUT2D eigenvalue weighted by Gasteiger charge is 2.20. The summed E-state index contributed by atoms with van der Waals surface area (Å²) in [6.45, 7) is 1.71. The average molecular weight is 438 g/mol. The molecule has 2 aromatic carbocycles. The zero-order valence-corrected chi connectivity index (χ0v) is 16.8. The summed E-state index contributed by atoms with van der Waals surface area (Å²) >= 11 is 18.2. The number of carbonyl (C=O) groups is 1. The monoisotopic (exact) mass is 436 g/mol. The molecule has 0 fully saturated rings. The molecule has 3 N–H and O–H groups in total. The van der Waals surface area contributed by atoms with Crippen LogP contribution in [0.3, 0.4) is 0 Å². The van der Waals surface area contributed by atoms with Gasteiger partial charge < -0.3 is 10.1 Å². The Bertz CT molecular complexity index is 964. The second-order valence-corrected chi connectivity index (χ2v) is 8.06. The van der Waals surface area contributed by atoms with Crippen LogP contribution in [0.25, 0.3) is 0 Å². The molecule has 0 saturated carbocycles. The first-order valence-electron chi connectivity index (χ1n) is 7.21. The highest BCUT2D eigenvalue weighted by molar-refractivity contribution is 7.89. The number of nitrogens with one attached hydrogen (secondary N) is 1. The number of primary sulfonamides is 1. The Morgan fingerprint density at radius 2 is 1.81 bits per heavy atom. The van der Waals surface area contributed by atoms with Gasteiger partial charge >= 0.3 is 0 Å². The van der Waals surface area contributed by atoms with Gasteiger partial charge in [0, 0.05) is 5.56 Å².